The molecule has 0 saturated heterocycles. The van der Waals surface area contributed by atoms with Gasteiger partial charge in [-0.25, -0.2) is 4.79 Å². The number of hydrogen-bond acceptors (Lipinski definition) is 2. The maximum Gasteiger partial charge on any atom is 0.330 e. The van der Waals surface area contributed by atoms with Crippen molar-refractivity contribution in [2.75, 3.05) is 7.11 Å². The van der Waals surface area contributed by atoms with Crippen LogP contribution in [0.2, 0.25) is 0 Å². The van der Waals surface area contributed by atoms with Gasteiger partial charge >= 0.3 is 5.97 Å². The van der Waals surface area contributed by atoms with Gasteiger partial charge in [-0.15, -0.1) is 0 Å². The maximum atomic E-state index is 11.1. The van der Waals surface area contributed by atoms with Crippen molar-refractivity contribution in [1.82, 2.24) is 0 Å². The van der Waals surface area contributed by atoms with E-state index < -0.39 is 0 Å². The number of fused-ring (bicyclic) bond motifs is 1. The number of ether oxygens (including phenoxy) is 1. The van der Waals surface area contributed by atoms with E-state index in [0.29, 0.717) is 5.41 Å². The fourth-order valence-electron chi connectivity index (χ4n) is 2.88. The first-order valence-corrected chi connectivity index (χ1v) is 4.87. The normalized spacial score (nSPS) is 44.7. The van der Waals surface area contributed by atoms with Gasteiger partial charge in [0.2, 0.25) is 0 Å². The van der Waals surface area contributed by atoms with Crippen molar-refractivity contribution < 1.29 is 9.53 Å². The number of carbonyl (C=O) groups excluding carboxylic acids is 1. The monoisotopic (exact) mass is 180 g/mol. The predicted octanol–water partition coefficient (Wildman–Crippen LogP) is 2.15. The van der Waals surface area contributed by atoms with Crippen LogP contribution in [-0.2, 0) is 9.53 Å². The molecule has 0 aromatic heterocycles. The Bertz CT molecular complexity index is 280. The van der Waals surface area contributed by atoms with Gasteiger partial charge in [0, 0.05) is 6.08 Å². The molecule has 3 aliphatic rings. The van der Waals surface area contributed by atoms with Crippen molar-refractivity contribution in [1.29, 1.82) is 0 Å². The van der Waals surface area contributed by atoms with Crippen LogP contribution in [0.5, 0.6) is 0 Å². The van der Waals surface area contributed by atoms with Gasteiger partial charge in [-0.1, -0.05) is 19.4 Å². The van der Waals surface area contributed by atoms with E-state index in [4.69, 9.17) is 0 Å². The van der Waals surface area contributed by atoms with Crippen LogP contribution in [-0.4, -0.2) is 13.1 Å². The van der Waals surface area contributed by atoms with E-state index in [2.05, 4.69) is 18.6 Å². The maximum absolute atomic E-state index is 11.1. The standard InChI is InChI=1S/C11H16O2/c1-7-8-4-9(5-10(12)13-3)11(7,2)6-8/h5,7-8H,4,6H2,1-3H3/b9-5-/t7-,8-,11+/m0/s1. The molecule has 2 heteroatoms. The lowest BCUT2D eigenvalue weighted by Gasteiger charge is -2.43. The number of esters is 1. The molecule has 2 bridgehead atoms. The van der Waals surface area contributed by atoms with E-state index in [1.165, 1.54) is 19.1 Å². The fourth-order valence-corrected chi connectivity index (χ4v) is 2.88. The minimum Gasteiger partial charge on any atom is -0.466 e. The van der Waals surface area contributed by atoms with E-state index in [0.717, 1.165) is 18.3 Å². The Labute approximate surface area is 79.0 Å². The fraction of sp³-hybridized carbons (Fsp3) is 0.727. The summed E-state index contributed by atoms with van der Waals surface area (Å²) in [4.78, 5) is 11.1. The molecule has 72 valence electrons. The molecule has 2 nitrogen and oxygen atoms in total. The molecule has 0 aromatic carbocycles. The SMILES string of the molecule is COC(=O)/C=C1/C[C@H]2C[C@]1(C)[C@H]2C. The van der Waals surface area contributed by atoms with Crippen molar-refractivity contribution in [3.8, 4) is 0 Å². The minimum absolute atomic E-state index is 0.198. The average molecular weight is 180 g/mol. The van der Waals surface area contributed by atoms with Gasteiger partial charge in [0.15, 0.2) is 0 Å². The molecule has 0 aliphatic heterocycles. The molecule has 0 spiro atoms. The highest BCUT2D eigenvalue weighted by Crippen LogP contribution is 2.65. The number of carbonyl (C=O) groups is 1. The predicted molar refractivity (Wildman–Crippen MR) is 50.1 cm³/mol. The lowest BCUT2D eigenvalue weighted by Crippen LogP contribution is -2.36. The second-order valence-corrected chi connectivity index (χ2v) is 4.57. The molecule has 0 amide bonds. The van der Waals surface area contributed by atoms with Gasteiger partial charge in [0.25, 0.3) is 0 Å². The van der Waals surface area contributed by atoms with E-state index in [1.54, 1.807) is 6.08 Å². The Morgan fingerprint density at radius 1 is 1.69 bits per heavy atom. The van der Waals surface area contributed by atoms with Crippen LogP contribution in [0.25, 0.3) is 0 Å². The molecule has 0 radical (unpaired) electrons. The quantitative estimate of drug-likeness (QED) is 0.456. The third-order valence-corrected chi connectivity index (χ3v) is 4.11. The third kappa shape index (κ3) is 1.04. The number of hydrogen-bond donors (Lipinski definition) is 0. The van der Waals surface area contributed by atoms with Crippen molar-refractivity contribution in [2.24, 2.45) is 17.3 Å². The summed E-state index contributed by atoms with van der Waals surface area (Å²) in [5, 5.41) is 0. The summed E-state index contributed by atoms with van der Waals surface area (Å²) in [7, 11) is 1.44. The van der Waals surface area contributed by atoms with E-state index >= 15 is 0 Å². The first-order chi connectivity index (χ1) is 6.08. The molecule has 3 saturated carbocycles. The zero-order valence-electron chi connectivity index (χ0n) is 8.46. The van der Waals surface area contributed by atoms with Crippen LogP contribution < -0.4 is 0 Å². The second kappa shape index (κ2) is 2.60. The van der Waals surface area contributed by atoms with Crippen LogP contribution in [0, 0.1) is 17.3 Å². The molecule has 3 fully saturated rings. The molecule has 0 aromatic rings. The van der Waals surface area contributed by atoms with Gasteiger partial charge in [0.05, 0.1) is 7.11 Å². The lowest BCUT2D eigenvalue weighted by atomic mass is 9.61. The van der Waals surface area contributed by atoms with Crippen molar-refractivity contribution in [2.45, 2.75) is 26.7 Å². The highest BCUT2D eigenvalue weighted by Gasteiger charge is 2.56. The van der Waals surface area contributed by atoms with Crippen LogP contribution >= 0.6 is 0 Å². The van der Waals surface area contributed by atoms with E-state index in [-0.39, 0.29) is 5.97 Å². The molecule has 3 aliphatic carbocycles. The van der Waals surface area contributed by atoms with Crippen LogP contribution in [0.1, 0.15) is 26.7 Å². The molecular formula is C11H16O2. The summed E-state index contributed by atoms with van der Waals surface area (Å²) < 4.78 is 4.64. The van der Waals surface area contributed by atoms with Gasteiger partial charge in [-0.3, -0.25) is 0 Å². The van der Waals surface area contributed by atoms with Crippen LogP contribution in [0.3, 0.4) is 0 Å². The zero-order chi connectivity index (χ0) is 9.64. The molecule has 3 atom stereocenters. The Balaban J connectivity index is 2.20. The van der Waals surface area contributed by atoms with Crippen molar-refractivity contribution in [3.63, 3.8) is 0 Å². The summed E-state index contributed by atoms with van der Waals surface area (Å²) in [6, 6.07) is 0. The van der Waals surface area contributed by atoms with Crippen molar-refractivity contribution >= 4 is 5.97 Å². The van der Waals surface area contributed by atoms with Crippen molar-refractivity contribution in [3.05, 3.63) is 11.6 Å². The molecular weight excluding hydrogens is 164 g/mol. The average Bonchev–Trinajstić information content (AvgIpc) is 2.55. The molecule has 0 N–H and O–H groups in total. The molecule has 13 heavy (non-hydrogen) atoms. The van der Waals surface area contributed by atoms with Gasteiger partial charge in [0.1, 0.15) is 0 Å². The zero-order valence-corrected chi connectivity index (χ0v) is 8.46. The highest BCUT2D eigenvalue weighted by atomic mass is 16.5. The van der Waals surface area contributed by atoms with Gasteiger partial charge < -0.3 is 4.74 Å². The Hall–Kier alpha value is -0.790. The smallest absolute Gasteiger partial charge is 0.330 e. The summed E-state index contributed by atoms with van der Waals surface area (Å²) in [5.41, 5.74) is 1.61. The minimum atomic E-state index is -0.198. The molecule has 0 unspecified atom stereocenters. The number of methoxy groups -OCH3 is 1. The highest BCUT2D eigenvalue weighted by molar-refractivity contribution is 5.83. The first-order valence-electron chi connectivity index (χ1n) is 4.87. The Morgan fingerprint density at radius 2 is 2.38 bits per heavy atom. The lowest BCUT2D eigenvalue weighted by molar-refractivity contribution is -0.135. The Kier molecular flexibility index (Phi) is 1.76. The summed E-state index contributed by atoms with van der Waals surface area (Å²) in [6.07, 6.45) is 4.06. The summed E-state index contributed by atoms with van der Waals surface area (Å²) in [6.45, 7) is 4.54. The molecule has 3 rings (SSSR count). The van der Waals surface area contributed by atoms with Gasteiger partial charge in [-0.05, 0) is 30.1 Å². The Morgan fingerprint density at radius 3 is 2.77 bits per heavy atom. The summed E-state index contributed by atoms with van der Waals surface area (Å²) in [5.74, 6) is 1.38. The van der Waals surface area contributed by atoms with Gasteiger partial charge in [-0.2, -0.15) is 0 Å². The van der Waals surface area contributed by atoms with Crippen LogP contribution in [0.4, 0.5) is 0 Å². The second-order valence-electron chi connectivity index (χ2n) is 4.57. The topological polar surface area (TPSA) is 26.3 Å². The first kappa shape index (κ1) is 8.79. The molecule has 0 heterocycles. The largest absolute Gasteiger partial charge is 0.466 e. The number of rotatable bonds is 1. The number of allylic oxidation sites excluding steroid dienone is 1. The van der Waals surface area contributed by atoms with E-state index in [9.17, 15) is 4.79 Å². The third-order valence-electron chi connectivity index (χ3n) is 4.11. The summed E-state index contributed by atoms with van der Waals surface area (Å²) >= 11 is 0. The van der Waals surface area contributed by atoms with E-state index in [1.807, 2.05) is 0 Å². The van der Waals surface area contributed by atoms with Crippen LogP contribution in [0.15, 0.2) is 11.6 Å².